The molecule has 14 heavy (non-hydrogen) atoms. The summed E-state index contributed by atoms with van der Waals surface area (Å²) in [6, 6.07) is 7.69. The molecule has 5 heteroatoms. The van der Waals surface area contributed by atoms with Crippen molar-refractivity contribution in [1.82, 2.24) is 0 Å². The van der Waals surface area contributed by atoms with E-state index in [-0.39, 0.29) is 11.9 Å². The zero-order chi connectivity index (χ0) is 10.6. The van der Waals surface area contributed by atoms with E-state index in [4.69, 9.17) is 10.9 Å². The third-order valence-electron chi connectivity index (χ3n) is 1.79. The molecule has 0 fully saturated rings. The number of anilines is 1. The Balaban J connectivity index is 2.65. The van der Waals surface area contributed by atoms with Crippen LogP contribution in [0.3, 0.4) is 0 Å². The van der Waals surface area contributed by atoms with E-state index in [1.165, 1.54) is 3.57 Å². The molecule has 1 rings (SSSR count). The quantitative estimate of drug-likeness (QED) is 0.262. The van der Waals surface area contributed by atoms with Crippen LogP contribution in [0.15, 0.2) is 29.4 Å². The highest BCUT2D eigenvalue weighted by Gasteiger charge is 2.06. The number of hydrogen-bond donors (Lipinski definition) is 3. The lowest BCUT2D eigenvalue weighted by Gasteiger charge is -2.13. The number of nitrogens with zero attached hydrogens (tertiary/aromatic N) is 1. The molecule has 0 aliphatic heterocycles. The second-order valence-corrected chi connectivity index (χ2v) is 4.14. The number of oxime groups is 1. The van der Waals surface area contributed by atoms with E-state index in [1.54, 1.807) is 0 Å². The molecule has 0 spiro atoms. The smallest absolute Gasteiger partial charge is 0.161 e. The van der Waals surface area contributed by atoms with Crippen molar-refractivity contribution < 1.29 is 5.21 Å². The highest BCUT2D eigenvalue weighted by molar-refractivity contribution is 14.1. The minimum Gasteiger partial charge on any atom is -0.409 e. The SMILES string of the molecule is CC(Nc1ccc(I)cc1)C(N)=NO. The van der Waals surface area contributed by atoms with E-state index in [1.807, 2.05) is 31.2 Å². The van der Waals surface area contributed by atoms with Crippen LogP contribution in [0.25, 0.3) is 0 Å². The summed E-state index contributed by atoms with van der Waals surface area (Å²) in [4.78, 5) is 0. The maximum absolute atomic E-state index is 8.45. The molecule has 1 aromatic carbocycles. The fourth-order valence-corrected chi connectivity index (χ4v) is 1.32. The monoisotopic (exact) mass is 305 g/mol. The van der Waals surface area contributed by atoms with Crippen molar-refractivity contribution in [3.8, 4) is 0 Å². The van der Waals surface area contributed by atoms with Gasteiger partial charge in [0.1, 0.15) is 0 Å². The number of amidine groups is 1. The minimum atomic E-state index is -0.180. The first-order valence-corrected chi connectivity index (χ1v) is 5.21. The third kappa shape index (κ3) is 3.06. The zero-order valence-electron chi connectivity index (χ0n) is 7.74. The van der Waals surface area contributed by atoms with E-state index in [0.717, 1.165) is 5.69 Å². The van der Waals surface area contributed by atoms with Crippen molar-refractivity contribution >= 4 is 34.1 Å². The van der Waals surface area contributed by atoms with Crippen molar-refractivity contribution in [3.63, 3.8) is 0 Å². The van der Waals surface area contributed by atoms with Crippen LogP contribution in [0.2, 0.25) is 0 Å². The Kier molecular flexibility index (Phi) is 3.99. The molecular formula is C9H12IN3O. The predicted molar refractivity (Wildman–Crippen MR) is 65.7 cm³/mol. The van der Waals surface area contributed by atoms with Gasteiger partial charge in [0.15, 0.2) is 5.84 Å². The second-order valence-electron chi connectivity index (χ2n) is 2.90. The van der Waals surface area contributed by atoms with Gasteiger partial charge < -0.3 is 16.3 Å². The first kappa shape index (κ1) is 11.1. The van der Waals surface area contributed by atoms with Gasteiger partial charge in [0.2, 0.25) is 0 Å². The Morgan fingerprint density at radius 3 is 2.57 bits per heavy atom. The average molecular weight is 305 g/mol. The maximum Gasteiger partial charge on any atom is 0.161 e. The zero-order valence-corrected chi connectivity index (χ0v) is 9.89. The van der Waals surface area contributed by atoms with E-state index < -0.39 is 0 Å². The first-order valence-electron chi connectivity index (χ1n) is 4.13. The average Bonchev–Trinajstić information content (AvgIpc) is 2.20. The summed E-state index contributed by atoms with van der Waals surface area (Å²) in [5.74, 6) is 0.170. The van der Waals surface area contributed by atoms with Crippen molar-refractivity contribution in [2.45, 2.75) is 13.0 Å². The van der Waals surface area contributed by atoms with Gasteiger partial charge >= 0.3 is 0 Å². The van der Waals surface area contributed by atoms with E-state index in [2.05, 4.69) is 33.1 Å². The molecule has 0 saturated heterocycles. The van der Waals surface area contributed by atoms with Crippen molar-refractivity contribution in [1.29, 1.82) is 0 Å². The van der Waals surface area contributed by atoms with Gasteiger partial charge in [-0.3, -0.25) is 0 Å². The lowest BCUT2D eigenvalue weighted by atomic mass is 10.2. The van der Waals surface area contributed by atoms with Crippen LogP contribution in [0, 0.1) is 3.57 Å². The molecule has 0 aliphatic carbocycles. The van der Waals surface area contributed by atoms with E-state index in [0.29, 0.717) is 0 Å². The molecule has 0 radical (unpaired) electrons. The maximum atomic E-state index is 8.45. The summed E-state index contributed by atoms with van der Waals surface area (Å²) in [7, 11) is 0. The van der Waals surface area contributed by atoms with Gasteiger partial charge in [-0.2, -0.15) is 0 Å². The molecule has 1 aromatic rings. The molecule has 1 unspecified atom stereocenters. The number of benzene rings is 1. The molecule has 0 saturated carbocycles. The Labute approximate surface area is 96.3 Å². The second kappa shape index (κ2) is 5.04. The van der Waals surface area contributed by atoms with Crippen LogP contribution in [0.5, 0.6) is 0 Å². The lowest BCUT2D eigenvalue weighted by Crippen LogP contribution is -2.32. The van der Waals surface area contributed by atoms with Gasteiger partial charge in [0.05, 0.1) is 6.04 Å². The Hall–Kier alpha value is -0.980. The van der Waals surface area contributed by atoms with E-state index >= 15 is 0 Å². The molecule has 1 atom stereocenters. The molecule has 76 valence electrons. The van der Waals surface area contributed by atoms with Crippen molar-refractivity contribution in [3.05, 3.63) is 27.8 Å². The fraction of sp³-hybridized carbons (Fsp3) is 0.222. The summed E-state index contributed by atoms with van der Waals surface area (Å²) in [5.41, 5.74) is 6.38. The summed E-state index contributed by atoms with van der Waals surface area (Å²) in [5, 5.41) is 14.5. The molecule has 4 N–H and O–H groups in total. The Morgan fingerprint density at radius 1 is 1.50 bits per heavy atom. The minimum absolute atomic E-state index is 0.170. The third-order valence-corrected chi connectivity index (χ3v) is 2.51. The number of halogens is 1. The topological polar surface area (TPSA) is 70.6 Å². The summed E-state index contributed by atoms with van der Waals surface area (Å²) in [6.07, 6.45) is 0. The molecule has 0 heterocycles. The number of nitrogens with one attached hydrogen (secondary N) is 1. The molecule has 0 amide bonds. The van der Waals surface area contributed by atoms with Crippen LogP contribution in [0.1, 0.15) is 6.92 Å². The van der Waals surface area contributed by atoms with Crippen molar-refractivity contribution in [2.75, 3.05) is 5.32 Å². The van der Waals surface area contributed by atoms with Gasteiger partial charge in [-0.15, -0.1) is 0 Å². The fourth-order valence-electron chi connectivity index (χ4n) is 0.957. The van der Waals surface area contributed by atoms with Crippen LogP contribution in [0.4, 0.5) is 5.69 Å². The largest absolute Gasteiger partial charge is 0.409 e. The van der Waals surface area contributed by atoms with Crippen LogP contribution in [-0.4, -0.2) is 17.1 Å². The van der Waals surface area contributed by atoms with Gasteiger partial charge in [-0.25, -0.2) is 0 Å². The lowest BCUT2D eigenvalue weighted by molar-refractivity contribution is 0.316. The molecule has 0 aliphatic rings. The number of nitrogens with two attached hydrogens (primary N) is 1. The highest BCUT2D eigenvalue weighted by atomic mass is 127. The number of hydrogen-bond acceptors (Lipinski definition) is 3. The van der Waals surface area contributed by atoms with Gasteiger partial charge in [0, 0.05) is 9.26 Å². The summed E-state index contributed by atoms with van der Waals surface area (Å²) in [6.45, 7) is 1.83. The van der Waals surface area contributed by atoms with Crippen molar-refractivity contribution in [2.24, 2.45) is 10.9 Å². The normalized spacial score (nSPS) is 13.7. The molecule has 0 bridgehead atoms. The summed E-state index contributed by atoms with van der Waals surface area (Å²) < 4.78 is 1.17. The standard InChI is InChI=1S/C9H12IN3O/c1-6(9(11)13-14)12-8-4-2-7(10)3-5-8/h2-6,12,14H,1H3,(H2,11,13). The number of rotatable bonds is 3. The van der Waals surface area contributed by atoms with E-state index in [9.17, 15) is 0 Å². The van der Waals surface area contributed by atoms with Gasteiger partial charge in [-0.05, 0) is 53.8 Å². The molecular weight excluding hydrogens is 293 g/mol. The van der Waals surface area contributed by atoms with Gasteiger partial charge in [-0.1, -0.05) is 5.16 Å². The van der Waals surface area contributed by atoms with Crippen LogP contribution >= 0.6 is 22.6 Å². The van der Waals surface area contributed by atoms with Crippen LogP contribution in [-0.2, 0) is 0 Å². The summed E-state index contributed by atoms with van der Waals surface area (Å²) >= 11 is 2.23. The first-order chi connectivity index (χ1) is 6.63. The predicted octanol–water partition coefficient (Wildman–Crippen LogP) is 1.84. The molecule has 4 nitrogen and oxygen atoms in total. The molecule has 0 aromatic heterocycles. The van der Waals surface area contributed by atoms with Crippen LogP contribution < -0.4 is 11.1 Å². The Morgan fingerprint density at radius 2 is 2.07 bits per heavy atom. The van der Waals surface area contributed by atoms with Gasteiger partial charge in [0.25, 0.3) is 0 Å². The Bertz CT molecular complexity index is 323. The highest BCUT2D eigenvalue weighted by Crippen LogP contribution is 2.11.